The molecule has 0 aromatic heterocycles. The number of benzene rings is 1. The maximum atomic E-state index is 13.1. The van der Waals surface area contributed by atoms with E-state index in [1.165, 1.54) is 12.8 Å². The second-order valence-corrected chi connectivity index (χ2v) is 8.16. The number of anilines is 1. The van der Waals surface area contributed by atoms with Crippen LogP contribution in [0.15, 0.2) is 24.3 Å². The van der Waals surface area contributed by atoms with E-state index in [-0.39, 0.29) is 11.2 Å². The highest BCUT2D eigenvalue weighted by atomic mass is 19.1. The quantitative estimate of drug-likeness (QED) is 0.825. The molecule has 136 valence electrons. The fraction of sp³-hybridized carbons (Fsp3) is 0.650. The molecule has 0 saturated carbocycles. The molecule has 0 unspecified atom stereocenters. The predicted octanol–water partition coefficient (Wildman–Crippen LogP) is 2.74. The summed E-state index contributed by atoms with van der Waals surface area (Å²) < 4.78 is 13.1. The number of amides is 1. The van der Waals surface area contributed by atoms with Crippen molar-refractivity contribution in [3.63, 3.8) is 0 Å². The van der Waals surface area contributed by atoms with Crippen LogP contribution in [0.25, 0.3) is 0 Å². The lowest BCUT2D eigenvalue weighted by Gasteiger charge is -2.45. The first-order valence-electron chi connectivity index (χ1n) is 9.53. The van der Waals surface area contributed by atoms with E-state index in [4.69, 9.17) is 0 Å². The Balaban J connectivity index is 1.29. The maximum Gasteiger partial charge on any atom is 0.222 e. The largest absolute Gasteiger partial charge is 0.371 e. The predicted molar refractivity (Wildman–Crippen MR) is 97.1 cm³/mol. The summed E-state index contributed by atoms with van der Waals surface area (Å²) in [5.74, 6) is 0.151. The van der Waals surface area contributed by atoms with Crippen molar-refractivity contribution in [2.24, 2.45) is 5.41 Å². The van der Waals surface area contributed by atoms with E-state index in [9.17, 15) is 9.18 Å². The summed E-state index contributed by atoms with van der Waals surface area (Å²) in [5, 5.41) is 0. The van der Waals surface area contributed by atoms with Gasteiger partial charge in [0.05, 0.1) is 0 Å². The Labute approximate surface area is 149 Å². The van der Waals surface area contributed by atoms with Crippen LogP contribution in [0.5, 0.6) is 0 Å². The summed E-state index contributed by atoms with van der Waals surface area (Å²) in [6.45, 7) is 5.28. The molecular formula is C20H28FN3O. The Morgan fingerprint density at radius 2 is 1.68 bits per heavy atom. The van der Waals surface area contributed by atoms with Gasteiger partial charge in [-0.05, 0) is 68.5 Å². The molecule has 1 aromatic rings. The zero-order valence-electron chi connectivity index (χ0n) is 15.1. The summed E-state index contributed by atoms with van der Waals surface area (Å²) in [5.41, 5.74) is 1.38. The third-order valence-electron chi connectivity index (χ3n) is 6.56. The lowest BCUT2D eigenvalue weighted by molar-refractivity contribution is -0.126. The molecule has 25 heavy (non-hydrogen) atoms. The van der Waals surface area contributed by atoms with Crippen LogP contribution in [0.1, 0.15) is 32.1 Å². The summed E-state index contributed by atoms with van der Waals surface area (Å²) >= 11 is 0. The van der Waals surface area contributed by atoms with Crippen LogP contribution >= 0.6 is 0 Å². The number of nitrogens with zero attached hydrogens (tertiary/aromatic N) is 3. The van der Waals surface area contributed by atoms with Crippen LogP contribution in [0.4, 0.5) is 10.1 Å². The number of carbonyl (C=O) groups is 1. The summed E-state index contributed by atoms with van der Waals surface area (Å²) in [4.78, 5) is 18.8. The molecule has 3 heterocycles. The SMILES string of the molecule is CN1CC2(CCN(C3CCN(c4ccc(F)cc4)CC3)CC2)CC1=O. The molecule has 5 heteroatoms. The molecular weight excluding hydrogens is 317 g/mol. The minimum atomic E-state index is -0.170. The molecule has 1 aromatic carbocycles. The molecule has 3 aliphatic rings. The second-order valence-electron chi connectivity index (χ2n) is 8.16. The van der Waals surface area contributed by atoms with Gasteiger partial charge in [0.2, 0.25) is 5.91 Å². The smallest absolute Gasteiger partial charge is 0.222 e. The van der Waals surface area contributed by atoms with Crippen molar-refractivity contribution < 1.29 is 9.18 Å². The van der Waals surface area contributed by atoms with Crippen molar-refractivity contribution in [1.29, 1.82) is 0 Å². The third kappa shape index (κ3) is 3.39. The van der Waals surface area contributed by atoms with E-state index in [1.54, 1.807) is 12.1 Å². The highest BCUT2D eigenvalue weighted by Crippen LogP contribution is 2.41. The zero-order valence-corrected chi connectivity index (χ0v) is 15.1. The van der Waals surface area contributed by atoms with Gasteiger partial charge in [0.25, 0.3) is 0 Å². The van der Waals surface area contributed by atoms with E-state index in [1.807, 2.05) is 24.1 Å². The van der Waals surface area contributed by atoms with E-state index >= 15 is 0 Å². The molecule has 0 bridgehead atoms. The number of hydrogen-bond donors (Lipinski definition) is 0. The Morgan fingerprint density at radius 1 is 1.04 bits per heavy atom. The van der Waals surface area contributed by atoms with Crippen LogP contribution in [-0.2, 0) is 4.79 Å². The number of carbonyl (C=O) groups excluding carboxylic acids is 1. The van der Waals surface area contributed by atoms with Crippen molar-refractivity contribution in [2.45, 2.75) is 38.1 Å². The molecule has 4 rings (SSSR count). The van der Waals surface area contributed by atoms with Gasteiger partial charge < -0.3 is 14.7 Å². The Hall–Kier alpha value is -1.62. The van der Waals surface area contributed by atoms with Gasteiger partial charge in [0.15, 0.2) is 0 Å². The topological polar surface area (TPSA) is 26.8 Å². The average Bonchev–Trinajstić information content (AvgIpc) is 2.90. The number of hydrogen-bond acceptors (Lipinski definition) is 3. The van der Waals surface area contributed by atoms with Gasteiger partial charge >= 0.3 is 0 Å². The Bertz CT molecular complexity index is 616. The molecule has 1 amide bonds. The summed E-state index contributed by atoms with van der Waals surface area (Å²) in [6.07, 6.45) is 5.40. The van der Waals surface area contributed by atoms with Crippen LogP contribution in [-0.4, -0.2) is 61.5 Å². The first kappa shape index (κ1) is 16.8. The monoisotopic (exact) mass is 345 g/mol. The summed E-state index contributed by atoms with van der Waals surface area (Å²) in [7, 11) is 1.94. The number of rotatable bonds is 2. The van der Waals surface area contributed by atoms with Crippen LogP contribution in [0.2, 0.25) is 0 Å². The number of halogens is 1. The first-order chi connectivity index (χ1) is 12.0. The van der Waals surface area contributed by atoms with Crippen molar-refractivity contribution in [2.75, 3.05) is 44.7 Å². The lowest BCUT2D eigenvalue weighted by Crippen LogP contribution is -2.50. The molecule has 0 radical (unpaired) electrons. The second kappa shape index (κ2) is 6.60. The zero-order chi connectivity index (χ0) is 17.4. The summed E-state index contributed by atoms with van der Waals surface area (Å²) in [6, 6.07) is 7.52. The van der Waals surface area contributed by atoms with Crippen LogP contribution in [0.3, 0.4) is 0 Å². The Kier molecular flexibility index (Phi) is 4.44. The van der Waals surface area contributed by atoms with E-state index in [0.29, 0.717) is 11.9 Å². The molecule has 3 aliphatic heterocycles. The van der Waals surface area contributed by atoms with Gasteiger partial charge in [-0.3, -0.25) is 4.79 Å². The molecule has 0 atom stereocenters. The van der Waals surface area contributed by atoms with Crippen LogP contribution in [0, 0.1) is 11.2 Å². The van der Waals surface area contributed by atoms with Gasteiger partial charge in [0, 0.05) is 44.8 Å². The van der Waals surface area contributed by atoms with Gasteiger partial charge in [0.1, 0.15) is 5.82 Å². The fourth-order valence-corrected chi connectivity index (χ4v) is 4.94. The van der Waals surface area contributed by atoms with Crippen molar-refractivity contribution in [3.05, 3.63) is 30.1 Å². The molecule has 4 nitrogen and oxygen atoms in total. The molecule has 3 fully saturated rings. The van der Waals surface area contributed by atoms with Crippen molar-refractivity contribution in [1.82, 2.24) is 9.80 Å². The highest BCUT2D eigenvalue weighted by molar-refractivity contribution is 5.79. The van der Waals surface area contributed by atoms with Crippen molar-refractivity contribution in [3.8, 4) is 0 Å². The fourth-order valence-electron chi connectivity index (χ4n) is 4.94. The van der Waals surface area contributed by atoms with Gasteiger partial charge in [-0.1, -0.05) is 0 Å². The molecule has 3 saturated heterocycles. The maximum absolute atomic E-state index is 13.1. The van der Waals surface area contributed by atoms with E-state index in [0.717, 1.165) is 57.7 Å². The van der Waals surface area contributed by atoms with Gasteiger partial charge in [-0.2, -0.15) is 0 Å². The third-order valence-corrected chi connectivity index (χ3v) is 6.56. The van der Waals surface area contributed by atoms with Gasteiger partial charge in [-0.25, -0.2) is 4.39 Å². The highest BCUT2D eigenvalue weighted by Gasteiger charge is 2.44. The number of likely N-dealkylation sites (tertiary alicyclic amines) is 2. The Morgan fingerprint density at radius 3 is 2.24 bits per heavy atom. The van der Waals surface area contributed by atoms with Gasteiger partial charge in [-0.15, -0.1) is 0 Å². The standard InChI is InChI=1S/C20H28FN3O/c1-22-15-20(14-19(22)25)8-12-24(13-9-20)18-6-10-23(11-7-18)17-4-2-16(21)3-5-17/h2-5,18H,6-15H2,1H3. The number of piperidine rings is 2. The minimum Gasteiger partial charge on any atom is -0.371 e. The van der Waals surface area contributed by atoms with E-state index < -0.39 is 0 Å². The molecule has 0 N–H and O–H groups in total. The van der Waals surface area contributed by atoms with Crippen LogP contribution < -0.4 is 4.90 Å². The minimum absolute atomic E-state index is 0.170. The molecule has 0 aliphatic carbocycles. The molecule has 1 spiro atoms. The lowest BCUT2D eigenvalue weighted by atomic mass is 9.77. The average molecular weight is 345 g/mol. The first-order valence-corrected chi connectivity index (χ1v) is 9.53. The van der Waals surface area contributed by atoms with E-state index in [2.05, 4.69) is 9.80 Å². The van der Waals surface area contributed by atoms with Crippen molar-refractivity contribution >= 4 is 11.6 Å². The normalized spacial score (nSPS) is 25.1.